The fourth-order valence-electron chi connectivity index (χ4n) is 5.27. The van der Waals surface area contributed by atoms with E-state index in [9.17, 15) is 4.79 Å². The van der Waals surface area contributed by atoms with E-state index < -0.39 is 0 Å². The van der Waals surface area contributed by atoms with E-state index in [0.29, 0.717) is 18.3 Å². The fourth-order valence-corrected chi connectivity index (χ4v) is 5.60. The molecule has 1 saturated heterocycles. The Morgan fingerprint density at radius 1 is 1.11 bits per heavy atom. The van der Waals surface area contributed by atoms with Crippen LogP contribution in [0.15, 0.2) is 41.2 Å². The van der Waals surface area contributed by atoms with E-state index in [4.69, 9.17) is 17.0 Å². The minimum absolute atomic E-state index is 0.0573. The average Bonchev–Trinajstić information content (AvgIpc) is 3.44. The molecule has 8 heteroatoms. The number of pyridine rings is 1. The SMILES string of the molecule is CCOc1ccc(NC(=S)N(Cc2cc3cc(C)c(CN(CC)CC)c(C)c3[nH]c2=O)C2CCNC2)cc1. The monoisotopic (exact) mass is 535 g/mol. The zero-order valence-corrected chi connectivity index (χ0v) is 24.1. The minimum atomic E-state index is -0.0573. The number of ether oxygens (including phenoxy) is 1. The first-order valence-corrected chi connectivity index (χ1v) is 14.1. The second-order valence-corrected chi connectivity index (χ2v) is 10.4. The zero-order chi connectivity index (χ0) is 27.2. The van der Waals surface area contributed by atoms with Gasteiger partial charge in [-0.05, 0) is 118 Å². The lowest BCUT2D eigenvalue weighted by atomic mass is 9.97. The third kappa shape index (κ3) is 6.37. The van der Waals surface area contributed by atoms with Gasteiger partial charge in [-0.25, -0.2) is 0 Å². The van der Waals surface area contributed by atoms with Gasteiger partial charge < -0.3 is 25.3 Å². The van der Waals surface area contributed by atoms with Crippen molar-refractivity contribution in [3.8, 4) is 5.75 Å². The van der Waals surface area contributed by atoms with E-state index in [0.717, 1.165) is 72.6 Å². The Morgan fingerprint density at radius 2 is 1.84 bits per heavy atom. The zero-order valence-electron chi connectivity index (χ0n) is 23.3. The molecule has 1 fully saturated rings. The predicted molar refractivity (Wildman–Crippen MR) is 161 cm³/mol. The molecule has 0 radical (unpaired) electrons. The minimum Gasteiger partial charge on any atom is -0.494 e. The summed E-state index contributed by atoms with van der Waals surface area (Å²) < 4.78 is 5.56. The van der Waals surface area contributed by atoms with Crippen molar-refractivity contribution in [2.75, 3.05) is 38.1 Å². The molecule has 204 valence electrons. The van der Waals surface area contributed by atoms with E-state index >= 15 is 0 Å². The summed E-state index contributed by atoms with van der Waals surface area (Å²) >= 11 is 5.88. The number of aromatic amines is 1. The Labute approximate surface area is 231 Å². The van der Waals surface area contributed by atoms with E-state index in [2.05, 4.69) is 59.2 Å². The summed E-state index contributed by atoms with van der Waals surface area (Å²) in [6, 6.07) is 12.3. The highest BCUT2D eigenvalue weighted by Gasteiger charge is 2.26. The molecule has 0 amide bonds. The summed E-state index contributed by atoms with van der Waals surface area (Å²) in [5.41, 5.74) is 6.19. The summed E-state index contributed by atoms with van der Waals surface area (Å²) in [6.45, 7) is 16.4. The molecule has 2 aromatic carbocycles. The Hall–Kier alpha value is -2.94. The van der Waals surface area contributed by atoms with Crippen LogP contribution in [0.4, 0.5) is 5.69 Å². The second kappa shape index (κ2) is 12.7. The molecular formula is C30H41N5O2S. The first kappa shape index (κ1) is 28.1. The first-order valence-electron chi connectivity index (χ1n) is 13.7. The summed E-state index contributed by atoms with van der Waals surface area (Å²) in [5, 5.41) is 8.49. The number of aromatic nitrogens is 1. The highest BCUT2D eigenvalue weighted by Crippen LogP contribution is 2.26. The molecular weight excluding hydrogens is 494 g/mol. The van der Waals surface area contributed by atoms with E-state index in [1.807, 2.05) is 37.3 Å². The third-order valence-corrected chi connectivity index (χ3v) is 7.93. The molecule has 1 aromatic heterocycles. The smallest absolute Gasteiger partial charge is 0.253 e. The molecule has 1 aliphatic rings. The molecule has 7 nitrogen and oxygen atoms in total. The van der Waals surface area contributed by atoms with Crippen LogP contribution in [0.3, 0.4) is 0 Å². The maximum Gasteiger partial charge on any atom is 0.253 e. The summed E-state index contributed by atoms with van der Waals surface area (Å²) in [4.78, 5) is 21.1. The Balaban J connectivity index is 1.61. The van der Waals surface area contributed by atoms with Gasteiger partial charge in [-0.2, -0.15) is 0 Å². The van der Waals surface area contributed by atoms with Gasteiger partial charge in [0.15, 0.2) is 5.11 Å². The van der Waals surface area contributed by atoms with Gasteiger partial charge in [0, 0.05) is 30.4 Å². The number of fused-ring (bicyclic) bond motifs is 1. The van der Waals surface area contributed by atoms with Gasteiger partial charge in [0.25, 0.3) is 5.56 Å². The van der Waals surface area contributed by atoms with E-state index in [-0.39, 0.29) is 11.6 Å². The van der Waals surface area contributed by atoms with Gasteiger partial charge in [-0.15, -0.1) is 0 Å². The number of thiocarbonyl (C=S) groups is 1. The number of aryl methyl sites for hydroxylation is 2. The molecule has 38 heavy (non-hydrogen) atoms. The quantitative estimate of drug-likeness (QED) is 0.318. The number of nitrogens with zero attached hydrogens (tertiary/aromatic N) is 2. The molecule has 0 bridgehead atoms. The third-order valence-electron chi connectivity index (χ3n) is 7.59. The molecule has 4 rings (SSSR count). The highest BCUT2D eigenvalue weighted by molar-refractivity contribution is 7.80. The van der Waals surface area contributed by atoms with Gasteiger partial charge >= 0.3 is 0 Å². The van der Waals surface area contributed by atoms with E-state index in [1.165, 1.54) is 11.1 Å². The average molecular weight is 536 g/mol. The number of nitrogens with one attached hydrogen (secondary N) is 3. The predicted octanol–water partition coefficient (Wildman–Crippen LogP) is 4.95. The lowest BCUT2D eigenvalue weighted by Crippen LogP contribution is -2.44. The van der Waals surface area contributed by atoms with Gasteiger partial charge in [-0.3, -0.25) is 9.69 Å². The van der Waals surface area contributed by atoms with Crippen molar-refractivity contribution in [1.82, 2.24) is 20.1 Å². The van der Waals surface area contributed by atoms with Crippen molar-refractivity contribution < 1.29 is 4.74 Å². The van der Waals surface area contributed by atoms with Crippen molar-refractivity contribution >= 4 is 33.9 Å². The number of anilines is 1. The summed E-state index contributed by atoms with van der Waals surface area (Å²) in [7, 11) is 0. The molecule has 3 N–H and O–H groups in total. The standard InChI is InChI=1S/C30H41N5O2S/c1-6-34(7-2)19-27-20(4)15-22-16-23(29(36)33-28(22)21(27)5)18-35(25-13-14-31-17-25)30(38)32-24-9-11-26(12-10-24)37-8-3/h9-12,15-16,25,31H,6-8,13-14,17-19H2,1-5H3,(H,32,38)(H,33,36). The van der Waals surface area contributed by atoms with E-state index in [1.54, 1.807) is 0 Å². The number of hydrogen-bond acceptors (Lipinski definition) is 5. The molecule has 1 aliphatic heterocycles. The topological polar surface area (TPSA) is 72.6 Å². The van der Waals surface area contributed by atoms with Crippen molar-refractivity contribution in [2.24, 2.45) is 0 Å². The van der Waals surface area contributed by atoms with Crippen LogP contribution in [0.1, 0.15) is 49.4 Å². The van der Waals surface area contributed by atoms with Crippen LogP contribution in [-0.4, -0.2) is 58.7 Å². The summed E-state index contributed by atoms with van der Waals surface area (Å²) in [6.07, 6.45) is 0.976. The van der Waals surface area contributed by atoms with Crippen LogP contribution in [0.2, 0.25) is 0 Å². The van der Waals surface area contributed by atoms with Gasteiger partial charge in [0.1, 0.15) is 5.75 Å². The highest BCUT2D eigenvalue weighted by atomic mass is 32.1. The number of rotatable bonds is 10. The Morgan fingerprint density at radius 3 is 2.47 bits per heavy atom. The van der Waals surface area contributed by atoms with Crippen LogP contribution in [-0.2, 0) is 13.1 Å². The van der Waals surface area contributed by atoms with Crippen LogP contribution in [0.25, 0.3) is 10.9 Å². The van der Waals surface area contributed by atoms with Gasteiger partial charge in [-0.1, -0.05) is 13.8 Å². The molecule has 0 spiro atoms. The molecule has 0 aliphatic carbocycles. The lowest BCUT2D eigenvalue weighted by molar-refractivity contribution is 0.295. The lowest BCUT2D eigenvalue weighted by Gasteiger charge is -2.31. The molecule has 3 aromatic rings. The van der Waals surface area contributed by atoms with Gasteiger partial charge in [0.05, 0.1) is 18.7 Å². The van der Waals surface area contributed by atoms with Crippen LogP contribution in [0, 0.1) is 13.8 Å². The van der Waals surface area contributed by atoms with Crippen molar-refractivity contribution in [1.29, 1.82) is 0 Å². The summed E-state index contributed by atoms with van der Waals surface area (Å²) in [5.74, 6) is 0.828. The maximum absolute atomic E-state index is 13.4. The molecule has 0 saturated carbocycles. The van der Waals surface area contributed by atoms with Crippen LogP contribution >= 0.6 is 12.2 Å². The number of hydrogen-bond donors (Lipinski definition) is 3. The van der Waals surface area contributed by atoms with Crippen LogP contribution < -0.4 is 20.9 Å². The number of H-pyrrole nitrogens is 1. The van der Waals surface area contributed by atoms with Crippen molar-refractivity contribution in [3.05, 3.63) is 69.0 Å². The van der Waals surface area contributed by atoms with Crippen molar-refractivity contribution in [3.63, 3.8) is 0 Å². The maximum atomic E-state index is 13.4. The van der Waals surface area contributed by atoms with Crippen molar-refractivity contribution in [2.45, 2.75) is 60.2 Å². The number of benzene rings is 2. The Kier molecular flexibility index (Phi) is 9.41. The normalized spacial score (nSPS) is 15.3. The van der Waals surface area contributed by atoms with Gasteiger partial charge in [0.2, 0.25) is 0 Å². The Bertz CT molecular complexity index is 1310. The molecule has 1 unspecified atom stereocenters. The fraction of sp³-hybridized carbons (Fsp3) is 0.467. The first-order chi connectivity index (χ1) is 18.3. The largest absolute Gasteiger partial charge is 0.494 e. The molecule has 2 heterocycles. The second-order valence-electron chi connectivity index (χ2n) is 10.0. The van der Waals surface area contributed by atoms with Crippen LogP contribution in [0.5, 0.6) is 5.75 Å². The molecule has 1 atom stereocenters.